The quantitative estimate of drug-likeness (QED) is 0.739. The third-order valence-electron chi connectivity index (χ3n) is 4.26. The van der Waals surface area contributed by atoms with E-state index in [-0.39, 0.29) is 22.9 Å². The van der Waals surface area contributed by atoms with Crippen LogP contribution in [0.2, 0.25) is 0 Å². The Bertz CT molecular complexity index is 1200. The fraction of sp³-hybridized carbons (Fsp3) is 0.211. The number of H-pyrrole nitrogens is 1. The zero-order valence-electron chi connectivity index (χ0n) is 15.2. The van der Waals surface area contributed by atoms with Crippen molar-refractivity contribution in [2.75, 3.05) is 13.3 Å². The van der Waals surface area contributed by atoms with Gasteiger partial charge in [-0.2, -0.15) is 0 Å². The van der Waals surface area contributed by atoms with Gasteiger partial charge in [0, 0.05) is 18.9 Å². The molecule has 0 fully saturated rings. The molecule has 0 bridgehead atoms. The average Bonchev–Trinajstić information content (AvgIpc) is 2.60. The summed E-state index contributed by atoms with van der Waals surface area (Å²) in [6.07, 6.45) is 1.10. The van der Waals surface area contributed by atoms with Gasteiger partial charge >= 0.3 is 0 Å². The van der Waals surface area contributed by atoms with Gasteiger partial charge < -0.3 is 9.88 Å². The van der Waals surface area contributed by atoms with Gasteiger partial charge in [-0.25, -0.2) is 13.4 Å². The van der Waals surface area contributed by atoms with E-state index in [1.807, 2.05) is 0 Å². The summed E-state index contributed by atoms with van der Waals surface area (Å²) in [6.45, 7) is 1.82. The molecule has 0 aliphatic carbocycles. The van der Waals surface area contributed by atoms with Crippen LogP contribution in [0.5, 0.6) is 0 Å². The van der Waals surface area contributed by atoms with Crippen molar-refractivity contribution in [2.24, 2.45) is 0 Å². The summed E-state index contributed by atoms with van der Waals surface area (Å²) in [5.74, 6) is 0.000258. The number of fused-ring (bicyclic) bond motifs is 1. The molecule has 0 aliphatic rings. The van der Waals surface area contributed by atoms with Crippen molar-refractivity contribution in [1.29, 1.82) is 0 Å². The Balaban J connectivity index is 1.92. The van der Waals surface area contributed by atoms with Crippen LogP contribution < -0.4 is 5.56 Å². The van der Waals surface area contributed by atoms with Crippen LogP contribution in [0.4, 0.5) is 0 Å². The molecule has 2 aromatic carbocycles. The third-order valence-corrected chi connectivity index (χ3v) is 5.37. The molecule has 0 atom stereocenters. The van der Waals surface area contributed by atoms with E-state index in [4.69, 9.17) is 0 Å². The van der Waals surface area contributed by atoms with Crippen LogP contribution >= 0.6 is 0 Å². The molecule has 0 spiro atoms. The number of aromatic amines is 1. The minimum Gasteiger partial charge on any atom is -0.334 e. The predicted octanol–water partition coefficient (Wildman–Crippen LogP) is 1.91. The first-order chi connectivity index (χ1) is 12.7. The summed E-state index contributed by atoms with van der Waals surface area (Å²) in [7, 11) is -1.85. The first-order valence-corrected chi connectivity index (χ1v) is 10.1. The van der Waals surface area contributed by atoms with Gasteiger partial charge in [0.05, 0.1) is 22.3 Å². The van der Waals surface area contributed by atoms with Gasteiger partial charge in [0.2, 0.25) is 0 Å². The van der Waals surface area contributed by atoms with E-state index in [0.717, 1.165) is 6.26 Å². The summed E-state index contributed by atoms with van der Waals surface area (Å²) < 4.78 is 23.5. The second kappa shape index (κ2) is 6.96. The van der Waals surface area contributed by atoms with Crippen molar-refractivity contribution in [2.45, 2.75) is 18.4 Å². The highest BCUT2D eigenvalue weighted by molar-refractivity contribution is 7.90. The van der Waals surface area contributed by atoms with E-state index < -0.39 is 9.84 Å². The standard InChI is InChI=1S/C19H19N3O4S/c1-12-8-9-13(27(3,25)26)10-15(12)19(24)22(2)11-17-20-16-7-5-4-6-14(16)18(23)21-17/h4-10H,11H2,1-3H3,(H,20,21,23). The van der Waals surface area contributed by atoms with E-state index in [0.29, 0.717) is 27.9 Å². The molecule has 27 heavy (non-hydrogen) atoms. The zero-order valence-corrected chi connectivity index (χ0v) is 16.0. The van der Waals surface area contributed by atoms with Gasteiger partial charge in [0.15, 0.2) is 9.84 Å². The summed E-state index contributed by atoms with van der Waals surface area (Å²) in [5, 5.41) is 0.479. The lowest BCUT2D eigenvalue weighted by Crippen LogP contribution is -2.29. The molecule has 3 rings (SSSR count). The minimum atomic E-state index is -3.42. The largest absolute Gasteiger partial charge is 0.334 e. The van der Waals surface area contributed by atoms with E-state index in [2.05, 4.69) is 9.97 Å². The molecule has 140 valence electrons. The molecular formula is C19H19N3O4S. The van der Waals surface area contributed by atoms with Crippen LogP contribution in [0.1, 0.15) is 21.7 Å². The van der Waals surface area contributed by atoms with Gasteiger partial charge in [-0.3, -0.25) is 9.59 Å². The van der Waals surface area contributed by atoms with Crippen LogP contribution in [-0.4, -0.2) is 42.5 Å². The monoisotopic (exact) mass is 385 g/mol. The molecule has 1 amide bonds. The topological polar surface area (TPSA) is 100 Å². The van der Waals surface area contributed by atoms with Crippen LogP contribution in [0.3, 0.4) is 0 Å². The van der Waals surface area contributed by atoms with Gasteiger partial charge in [-0.05, 0) is 36.8 Å². The lowest BCUT2D eigenvalue weighted by Gasteiger charge is -2.18. The predicted molar refractivity (Wildman–Crippen MR) is 102 cm³/mol. The second-order valence-electron chi connectivity index (χ2n) is 6.44. The smallest absolute Gasteiger partial charge is 0.258 e. The van der Waals surface area contributed by atoms with Gasteiger partial charge in [0.1, 0.15) is 5.82 Å². The van der Waals surface area contributed by atoms with E-state index >= 15 is 0 Å². The number of hydrogen-bond donors (Lipinski definition) is 1. The Kier molecular flexibility index (Phi) is 4.84. The number of carbonyl (C=O) groups is 1. The van der Waals surface area contributed by atoms with Crippen molar-refractivity contribution in [3.05, 3.63) is 69.8 Å². The highest BCUT2D eigenvalue weighted by Gasteiger charge is 2.18. The Hall–Kier alpha value is -3.00. The molecular weight excluding hydrogens is 366 g/mol. The minimum absolute atomic E-state index is 0.0848. The van der Waals surface area contributed by atoms with Gasteiger partial charge in [-0.15, -0.1) is 0 Å². The maximum atomic E-state index is 12.8. The third kappa shape index (κ3) is 3.90. The molecule has 0 aliphatic heterocycles. The molecule has 0 saturated heterocycles. The number of para-hydroxylation sites is 1. The van der Waals surface area contributed by atoms with Crippen LogP contribution in [0.25, 0.3) is 10.9 Å². The summed E-state index contributed by atoms with van der Waals surface area (Å²) in [5.41, 5.74) is 1.24. The normalized spacial score (nSPS) is 11.5. The van der Waals surface area contributed by atoms with Crippen LogP contribution in [-0.2, 0) is 16.4 Å². The van der Waals surface area contributed by atoms with E-state index in [1.54, 1.807) is 44.3 Å². The summed E-state index contributed by atoms with van der Waals surface area (Å²) in [6, 6.07) is 11.4. The molecule has 7 nitrogen and oxygen atoms in total. The number of carbonyl (C=O) groups excluding carboxylic acids is 1. The highest BCUT2D eigenvalue weighted by Crippen LogP contribution is 2.18. The number of benzene rings is 2. The average molecular weight is 385 g/mol. The van der Waals surface area contributed by atoms with Gasteiger partial charge in [-0.1, -0.05) is 18.2 Å². The number of rotatable bonds is 4. The summed E-state index contributed by atoms with van der Waals surface area (Å²) in [4.78, 5) is 33.5. The molecule has 1 aromatic heterocycles. The Labute approximate surface area is 156 Å². The van der Waals surface area contributed by atoms with Crippen molar-refractivity contribution in [3.63, 3.8) is 0 Å². The van der Waals surface area contributed by atoms with Crippen molar-refractivity contribution in [3.8, 4) is 0 Å². The molecule has 0 saturated carbocycles. The number of aromatic nitrogens is 2. The fourth-order valence-corrected chi connectivity index (χ4v) is 3.42. The lowest BCUT2D eigenvalue weighted by molar-refractivity contribution is 0.0780. The Morgan fingerprint density at radius 1 is 1.19 bits per heavy atom. The van der Waals surface area contributed by atoms with Crippen molar-refractivity contribution in [1.82, 2.24) is 14.9 Å². The molecule has 0 radical (unpaired) electrons. The summed E-state index contributed by atoms with van der Waals surface area (Å²) >= 11 is 0. The maximum Gasteiger partial charge on any atom is 0.258 e. The zero-order chi connectivity index (χ0) is 19.8. The number of sulfone groups is 1. The van der Waals surface area contributed by atoms with Crippen LogP contribution in [0.15, 0.2) is 52.2 Å². The highest BCUT2D eigenvalue weighted by atomic mass is 32.2. The molecule has 1 N–H and O–H groups in total. The van der Waals surface area contributed by atoms with Crippen molar-refractivity contribution < 1.29 is 13.2 Å². The fourth-order valence-electron chi connectivity index (χ4n) is 2.77. The lowest BCUT2D eigenvalue weighted by atomic mass is 10.1. The van der Waals surface area contributed by atoms with E-state index in [9.17, 15) is 18.0 Å². The number of nitrogens with zero attached hydrogens (tertiary/aromatic N) is 2. The molecule has 8 heteroatoms. The number of amides is 1. The van der Waals surface area contributed by atoms with Crippen molar-refractivity contribution >= 4 is 26.6 Å². The van der Waals surface area contributed by atoms with E-state index in [1.165, 1.54) is 17.0 Å². The number of nitrogens with one attached hydrogen (secondary N) is 1. The SMILES string of the molecule is Cc1ccc(S(C)(=O)=O)cc1C(=O)N(C)Cc1nc2ccccc2c(=O)[nH]1. The maximum absolute atomic E-state index is 12.8. The first-order valence-electron chi connectivity index (χ1n) is 8.21. The Morgan fingerprint density at radius 2 is 1.89 bits per heavy atom. The second-order valence-corrected chi connectivity index (χ2v) is 8.46. The van der Waals surface area contributed by atoms with Crippen LogP contribution in [0, 0.1) is 6.92 Å². The first kappa shape index (κ1) is 18.8. The molecule has 0 unspecified atom stereocenters. The molecule has 1 heterocycles. The number of hydrogen-bond acceptors (Lipinski definition) is 5. The molecule has 3 aromatic rings. The van der Waals surface area contributed by atoms with Gasteiger partial charge in [0.25, 0.3) is 11.5 Å². The number of aryl methyl sites for hydroxylation is 1. The Morgan fingerprint density at radius 3 is 2.59 bits per heavy atom.